The molecular weight excluding hydrogens is 176 g/mol. The van der Waals surface area contributed by atoms with Crippen LogP contribution in [0.4, 0.5) is 0 Å². The molecular formula is C8H8O3S. The Morgan fingerprint density at radius 2 is 2.50 bits per heavy atom. The van der Waals surface area contributed by atoms with E-state index in [1.165, 1.54) is 0 Å². The van der Waals surface area contributed by atoms with Crippen LogP contribution in [-0.4, -0.2) is 11.1 Å². The Morgan fingerprint density at radius 3 is 3.17 bits per heavy atom. The molecule has 0 amide bonds. The highest BCUT2D eigenvalue weighted by Crippen LogP contribution is 2.32. The van der Waals surface area contributed by atoms with Crippen LogP contribution in [0.15, 0.2) is 10.5 Å². The second-order valence-corrected chi connectivity index (χ2v) is 3.71. The first-order valence-electron chi connectivity index (χ1n) is 3.65. The first-order chi connectivity index (χ1) is 5.75. The summed E-state index contributed by atoms with van der Waals surface area (Å²) >= 11 is 1.80. The van der Waals surface area contributed by atoms with Gasteiger partial charge in [-0.05, 0) is 6.07 Å². The Bertz CT molecular complexity index is 295. The number of carboxylic acids is 1. The molecule has 0 saturated heterocycles. The summed E-state index contributed by atoms with van der Waals surface area (Å²) in [5, 5.41) is 8.49. The van der Waals surface area contributed by atoms with E-state index in [-0.39, 0.29) is 6.42 Å². The summed E-state index contributed by atoms with van der Waals surface area (Å²) < 4.78 is 5.34. The second kappa shape index (κ2) is 2.86. The van der Waals surface area contributed by atoms with E-state index in [1.807, 2.05) is 6.07 Å². The van der Waals surface area contributed by atoms with Crippen LogP contribution in [0.25, 0.3) is 0 Å². The third kappa shape index (κ3) is 1.34. The Hall–Kier alpha value is -0.900. The van der Waals surface area contributed by atoms with Crippen LogP contribution in [0.2, 0.25) is 0 Å². The quantitative estimate of drug-likeness (QED) is 0.759. The van der Waals surface area contributed by atoms with E-state index in [0.717, 1.165) is 22.8 Å². The van der Waals surface area contributed by atoms with E-state index in [2.05, 4.69) is 0 Å². The molecule has 64 valence electrons. The predicted octanol–water partition coefficient (Wildman–Crippen LogP) is 1.65. The Kier molecular flexibility index (Phi) is 1.84. The van der Waals surface area contributed by atoms with Crippen LogP contribution in [-0.2, 0) is 22.7 Å². The fourth-order valence-corrected chi connectivity index (χ4v) is 2.26. The average Bonchev–Trinajstić information content (AvgIpc) is 2.43. The number of rotatable bonds is 2. The van der Waals surface area contributed by atoms with Crippen LogP contribution in [0.1, 0.15) is 17.1 Å². The zero-order valence-electron chi connectivity index (χ0n) is 6.37. The third-order valence-corrected chi connectivity index (χ3v) is 2.75. The van der Waals surface area contributed by atoms with Crippen molar-refractivity contribution in [3.8, 4) is 0 Å². The number of fused-ring (bicyclic) bond motifs is 1. The SMILES string of the molecule is O=C(O)Cc1cc2c(o1)CSC2. The molecule has 0 saturated carbocycles. The number of carbonyl (C=O) groups is 1. The average molecular weight is 184 g/mol. The fourth-order valence-electron chi connectivity index (χ4n) is 1.26. The van der Waals surface area contributed by atoms with Gasteiger partial charge in [0.15, 0.2) is 0 Å². The van der Waals surface area contributed by atoms with Crippen molar-refractivity contribution in [3.05, 3.63) is 23.2 Å². The number of carboxylic acid groups (broad SMARTS) is 1. The van der Waals surface area contributed by atoms with Gasteiger partial charge in [0.2, 0.25) is 0 Å². The summed E-state index contributed by atoms with van der Waals surface area (Å²) in [7, 11) is 0. The normalized spacial score (nSPS) is 14.7. The summed E-state index contributed by atoms with van der Waals surface area (Å²) in [6.45, 7) is 0. The molecule has 0 aromatic carbocycles. The fraction of sp³-hybridized carbons (Fsp3) is 0.375. The molecule has 4 heteroatoms. The highest BCUT2D eigenvalue weighted by molar-refractivity contribution is 7.98. The molecule has 1 aliphatic heterocycles. The smallest absolute Gasteiger partial charge is 0.311 e. The van der Waals surface area contributed by atoms with Gasteiger partial charge in [-0.3, -0.25) is 4.79 Å². The van der Waals surface area contributed by atoms with Gasteiger partial charge < -0.3 is 9.52 Å². The van der Waals surface area contributed by atoms with Crippen molar-refractivity contribution in [3.63, 3.8) is 0 Å². The van der Waals surface area contributed by atoms with Crippen molar-refractivity contribution in [2.45, 2.75) is 17.9 Å². The van der Waals surface area contributed by atoms with Gasteiger partial charge in [-0.25, -0.2) is 0 Å². The summed E-state index contributed by atoms with van der Waals surface area (Å²) in [5.74, 6) is 2.53. The van der Waals surface area contributed by atoms with Gasteiger partial charge in [0.1, 0.15) is 17.9 Å². The molecule has 0 aliphatic carbocycles. The number of furan rings is 1. The standard InChI is InChI=1S/C8H8O3S/c9-8(10)2-6-1-5-3-12-4-7(5)11-6/h1H,2-4H2,(H,9,10). The lowest BCUT2D eigenvalue weighted by Gasteiger charge is -1.89. The molecule has 3 nitrogen and oxygen atoms in total. The first-order valence-corrected chi connectivity index (χ1v) is 4.81. The Morgan fingerprint density at radius 1 is 1.67 bits per heavy atom. The number of hydrogen-bond acceptors (Lipinski definition) is 3. The van der Waals surface area contributed by atoms with Crippen LogP contribution in [0.5, 0.6) is 0 Å². The van der Waals surface area contributed by atoms with Crippen molar-refractivity contribution in [1.82, 2.24) is 0 Å². The van der Waals surface area contributed by atoms with Gasteiger partial charge in [0, 0.05) is 11.3 Å². The molecule has 1 aromatic heterocycles. The molecule has 1 aromatic rings. The molecule has 0 unspecified atom stereocenters. The monoisotopic (exact) mass is 184 g/mol. The first kappa shape index (κ1) is 7.73. The molecule has 0 bridgehead atoms. The van der Waals surface area contributed by atoms with Crippen LogP contribution < -0.4 is 0 Å². The number of aliphatic carboxylic acids is 1. The summed E-state index contributed by atoms with van der Waals surface area (Å²) in [4.78, 5) is 10.3. The van der Waals surface area contributed by atoms with E-state index in [0.29, 0.717) is 5.76 Å². The molecule has 1 aliphatic rings. The maximum atomic E-state index is 10.3. The molecule has 1 N–H and O–H groups in total. The van der Waals surface area contributed by atoms with Crippen molar-refractivity contribution in [2.24, 2.45) is 0 Å². The van der Waals surface area contributed by atoms with E-state index in [9.17, 15) is 4.79 Å². The van der Waals surface area contributed by atoms with Crippen LogP contribution >= 0.6 is 11.8 Å². The molecule has 0 atom stereocenters. The van der Waals surface area contributed by atoms with Crippen molar-refractivity contribution in [2.75, 3.05) is 0 Å². The predicted molar refractivity (Wildman–Crippen MR) is 45.0 cm³/mol. The van der Waals surface area contributed by atoms with Gasteiger partial charge in [-0.15, -0.1) is 11.8 Å². The molecule has 0 radical (unpaired) electrons. The van der Waals surface area contributed by atoms with Gasteiger partial charge in [0.05, 0.1) is 5.75 Å². The third-order valence-electron chi connectivity index (χ3n) is 1.76. The lowest BCUT2D eigenvalue weighted by molar-refractivity contribution is -0.136. The van der Waals surface area contributed by atoms with E-state index in [1.54, 1.807) is 11.8 Å². The minimum absolute atomic E-state index is 0.00231. The molecule has 2 heterocycles. The van der Waals surface area contributed by atoms with Crippen molar-refractivity contribution >= 4 is 17.7 Å². The van der Waals surface area contributed by atoms with Crippen LogP contribution in [0, 0.1) is 0 Å². The molecule has 0 spiro atoms. The lowest BCUT2D eigenvalue weighted by Crippen LogP contribution is -1.98. The Labute approximate surface area is 73.8 Å². The summed E-state index contributed by atoms with van der Waals surface area (Å²) in [6.07, 6.45) is -0.00231. The topological polar surface area (TPSA) is 50.4 Å². The van der Waals surface area contributed by atoms with E-state index < -0.39 is 5.97 Å². The van der Waals surface area contributed by atoms with Gasteiger partial charge >= 0.3 is 5.97 Å². The lowest BCUT2D eigenvalue weighted by atomic mass is 10.2. The highest BCUT2D eigenvalue weighted by Gasteiger charge is 2.17. The molecule has 12 heavy (non-hydrogen) atoms. The van der Waals surface area contributed by atoms with Gasteiger partial charge in [-0.2, -0.15) is 0 Å². The second-order valence-electron chi connectivity index (χ2n) is 2.72. The van der Waals surface area contributed by atoms with Crippen LogP contribution in [0.3, 0.4) is 0 Å². The largest absolute Gasteiger partial charge is 0.481 e. The zero-order chi connectivity index (χ0) is 8.55. The van der Waals surface area contributed by atoms with E-state index >= 15 is 0 Å². The minimum Gasteiger partial charge on any atom is -0.481 e. The maximum Gasteiger partial charge on any atom is 0.311 e. The molecule has 0 fully saturated rings. The number of hydrogen-bond donors (Lipinski definition) is 1. The van der Waals surface area contributed by atoms with Crippen molar-refractivity contribution in [1.29, 1.82) is 0 Å². The highest BCUT2D eigenvalue weighted by atomic mass is 32.2. The zero-order valence-corrected chi connectivity index (χ0v) is 7.19. The van der Waals surface area contributed by atoms with Gasteiger partial charge in [0.25, 0.3) is 0 Å². The maximum absolute atomic E-state index is 10.3. The molecule has 2 rings (SSSR count). The van der Waals surface area contributed by atoms with E-state index in [4.69, 9.17) is 9.52 Å². The Balaban J connectivity index is 2.20. The number of thioether (sulfide) groups is 1. The van der Waals surface area contributed by atoms with Gasteiger partial charge in [-0.1, -0.05) is 0 Å². The summed E-state index contributed by atoms with van der Waals surface area (Å²) in [5.41, 5.74) is 1.16. The minimum atomic E-state index is -0.838. The van der Waals surface area contributed by atoms with Crippen molar-refractivity contribution < 1.29 is 14.3 Å². The summed E-state index contributed by atoms with van der Waals surface area (Å²) in [6, 6.07) is 1.85.